The maximum atomic E-state index is 14.4. The van der Waals surface area contributed by atoms with E-state index >= 15 is 0 Å². The zero-order chi connectivity index (χ0) is 22.7. The molecule has 172 valence electrons. The molecule has 0 N–H and O–H groups in total. The van der Waals surface area contributed by atoms with Crippen molar-refractivity contribution in [1.29, 1.82) is 0 Å². The van der Waals surface area contributed by atoms with Crippen molar-refractivity contribution in [2.45, 2.75) is 43.5 Å². The molecule has 0 bridgehead atoms. The summed E-state index contributed by atoms with van der Waals surface area (Å²) in [7, 11) is -2.28. The lowest BCUT2D eigenvalue weighted by Gasteiger charge is -2.29. The number of nitrogens with zero attached hydrogens (tertiary/aromatic N) is 3. The largest absolute Gasteiger partial charge is 0.372 e. The van der Waals surface area contributed by atoms with Crippen LogP contribution in [0.4, 0.5) is 10.1 Å². The number of anilines is 1. The molecule has 0 spiro atoms. The minimum absolute atomic E-state index is 0.164. The van der Waals surface area contributed by atoms with E-state index in [9.17, 15) is 17.6 Å². The van der Waals surface area contributed by atoms with E-state index in [1.165, 1.54) is 46.3 Å². The number of amides is 1. The van der Waals surface area contributed by atoms with E-state index in [-0.39, 0.29) is 11.5 Å². The van der Waals surface area contributed by atoms with E-state index in [2.05, 4.69) is 17.0 Å². The van der Waals surface area contributed by atoms with E-state index in [0.29, 0.717) is 19.6 Å². The first-order valence-corrected chi connectivity index (χ1v) is 12.7. The second kappa shape index (κ2) is 9.58. The van der Waals surface area contributed by atoms with Gasteiger partial charge in [0.15, 0.2) is 0 Å². The molecule has 2 aromatic carbocycles. The average molecular weight is 460 g/mol. The van der Waals surface area contributed by atoms with E-state index in [0.717, 1.165) is 37.6 Å². The topological polar surface area (TPSA) is 60.9 Å². The predicted molar refractivity (Wildman–Crippen MR) is 123 cm³/mol. The lowest BCUT2D eigenvalue weighted by molar-refractivity contribution is 0.0784. The Labute approximate surface area is 189 Å². The van der Waals surface area contributed by atoms with Gasteiger partial charge in [0, 0.05) is 51.0 Å². The molecule has 2 aromatic rings. The first kappa shape index (κ1) is 22.7. The molecule has 2 aliphatic rings. The summed E-state index contributed by atoms with van der Waals surface area (Å²) in [5.74, 6) is -1.17. The summed E-state index contributed by atoms with van der Waals surface area (Å²) < 4.78 is 41.3. The molecule has 0 aromatic heterocycles. The van der Waals surface area contributed by atoms with Gasteiger partial charge in [0.25, 0.3) is 5.91 Å². The van der Waals surface area contributed by atoms with E-state index in [1.807, 2.05) is 12.1 Å². The summed E-state index contributed by atoms with van der Waals surface area (Å²) in [6.45, 7) is 3.29. The maximum Gasteiger partial charge on any atom is 0.253 e. The highest BCUT2D eigenvalue weighted by atomic mass is 32.2. The number of carbonyl (C=O) groups is 1. The highest BCUT2D eigenvalue weighted by Crippen LogP contribution is 2.25. The van der Waals surface area contributed by atoms with Gasteiger partial charge < -0.3 is 9.80 Å². The zero-order valence-corrected chi connectivity index (χ0v) is 19.3. The highest BCUT2D eigenvalue weighted by Gasteiger charge is 2.30. The van der Waals surface area contributed by atoms with Gasteiger partial charge in [0.2, 0.25) is 10.0 Å². The quantitative estimate of drug-likeness (QED) is 0.658. The van der Waals surface area contributed by atoms with Crippen LogP contribution in [0.25, 0.3) is 0 Å². The van der Waals surface area contributed by atoms with Crippen LogP contribution in [0, 0.1) is 5.82 Å². The van der Waals surface area contributed by atoms with Crippen molar-refractivity contribution in [1.82, 2.24) is 9.21 Å². The van der Waals surface area contributed by atoms with Gasteiger partial charge in [-0.1, -0.05) is 12.1 Å². The normalized spacial score (nSPS) is 17.5. The monoisotopic (exact) mass is 459 g/mol. The molecule has 6 nitrogen and oxygen atoms in total. The van der Waals surface area contributed by atoms with Crippen LogP contribution >= 0.6 is 0 Å². The Kier molecular flexibility index (Phi) is 6.81. The Morgan fingerprint density at radius 2 is 1.56 bits per heavy atom. The van der Waals surface area contributed by atoms with Crippen LogP contribution in [0.1, 0.15) is 48.0 Å². The molecule has 0 saturated carbocycles. The Balaban J connectivity index is 1.47. The number of carbonyl (C=O) groups excluding carboxylic acids is 1. The third kappa shape index (κ3) is 4.81. The Bertz CT molecular complexity index is 1060. The van der Waals surface area contributed by atoms with Gasteiger partial charge in [0.1, 0.15) is 10.7 Å². The minimum Gasteiger partial charge on any atom is -0.372 e. The Morgan fingerprint density at radius 1 is 0.938 bits per heavy atom. The average Bonchev–Trinajstić information content (AvgIpc) is 3.36. The first-order valence-electron chi connectivity index (χ1n) is 11.3. The number of rotatable bonds is 6. The molecule has 32 heavy (non-hydrogen) atoms. The molecule has 0 atom stereocenters. The van der Waals surface area contributed by atoms with Gasteiger partial charge in [-0.2, -0.15) is 4.31 Å². The fraction of sp³-hybridized carbons (Fsp3) is 0.458. The summed E-state index contributed by atoms with van der Waals surface area (Å²) in [6, 6.07) is 11.8. The molecule has 0 radical (unpaired) electrons. The molecule has 2 fully saturated rings. The van der Waals surface area contributed by atoms with Crippen molar-refractivity contribution in [3.63, 3.8) is 0 Å². The predicted octanol–water partition coefficient (Wildman–Crippen LogP) is 3.87. The second-order valence-corrected chi connectivity index (χ2v) is 10.5. The van der Waals surface area contributed by atoms with Crippen LogP contribution in [-0.4, -0.2) is 56.8 Å². The third-order valence-electron chi connectivity index (χ3n) is 6.29. The third-order valence-corrected chi connectivity index (χ3v) is 8.20. The number of hydrogen-bond donors (Lipinski definition) is 0. The van der Waals surface area contributed by atoms with Crippen molar-refractivity contribution in [3.8, 4) is 0 Å². The Morgan fingerprint density at radius 3 is 2.22 bits per heavy atom. The van der Waals surface area contributed by atoms with Gasteiger partial charge in [-0.05, 0) is 68.0 Å². The number of piperidine rings is 1. The number of hydrogen-bond acceptors (Lipinski definition) is 4. The zero-order valence-electron chi connectivity index (χ0n) is 18.5. The maximum absolute atomic E-state index is 14.4. The smallest absolute Gasteiger partial charge is 0.253 e. The van der Waals surface area contributed by atoms with E-state index < -0.39 is 20.7 Å². The first-order chi connectivity index (χ1) is 15.4. The van der Waals surface area contributed by atoms with Crippen molar-refractivity contribution in [3.05, 3.63) is 59.4 Å². The SMILES string of the molecule is CN(Cc1ccc(N2CCCCC2)cc1)C(=O)c1ccc(F)c(S(=O)(=O)N2CCCC2)c1. The lowest BCUT2D eigenvalue weighted by atomic mass is 10.1. The molecular formula is C24H30FN3O3S. The molecular weight excluding hydrogens is 429 g/mol. The van der Waals surface area contributed by atoms with Crippen LogP contribution in [0.15, 0.2) is 47.4 Å². The van der Waals surface area contributed by atoms with E-state index in [1.54, 1.807) is 7.05 Å². The standard InChI is InChI=1S/C24H30FN3O3S/c1-26(18-19-7-10-21(11-8-19)27-13-3-2-4-14-27)24(29)20-9-12-22(25)23(17-20)32(30,31)28-15-5-6-16-28/h7-12,17H,2-6,13-16,18H2,1H3. The van der Waals surface area contributed by atoms with Gasteiger partial charge in [-0.25, -0.2) is 12.8 Å². The molecule has 2 aliphatic heterocycles. The minimum atomic E-state index is -3.94. The summed E-state index contributed by atoms with van der Waals surface area (Å²) >= 11 is 0. The molecule has 0 unspecified atom stereocenters. The highest BCUT2D eigenvalue weighted by molar-refractivity contribution is 7.89. The summed E-state index contributed by atoms with van der Waals surface area (Å²) in [5, 5.41) is 0. The number of sulfonamides is 1. The summed E-state index contributed by atoms with van der Waals surface area (Å²) in [4.78, 5) is 16.4. The van der Waals surface area contributed by atoms with Gasteiger partial charge in [-0.3, -0.25) is 4.79 Å². The molecule has 8 heteroatoms. The molecule has 4 rings (SSSR count). The van der Waals surface area contributed by atoms with Crippen molar-refractivity contribution >= 4 is 21.6 Å². The van der Waals surface area contributed by atoms with Crippen LogP contribution < -0.4 is 4.90 Å². The van der Waals surface area contributed by atoms with Crippen LogP contribution in [0.5, 0.6) is 0 Å². The van der Waals surface area contributed by atoms with Gasteiger partial charge in [0.05, 0.1) is 0 Å². The fourth-order valence-corrected chi connectivity index (χ4v) is 6.04. The summed E-state index contributed by atoms with van der Waals surface area (Å²) in [5.41, 5.74) is 2.34. The molecule has 1 amide bonds. The van der Waals surface area contributed by atoms with Crippen LogP contribution in [0.2, 0.25) is 0 Å². The Hall–Kier alpha value is -2.45. The number of halogens is 1. The second-order valence-electron chi connectivity index (χ2n) is 8.63. The van der Waals surface area contributed by atoms with Crippen molar-refractivity contribution < 1.29 is 17.6 Å². The molecule has 2 saturated heterocycles. The van der Waals surface area contributed by atoms with Crippen molar-refractivity contribution in [2.75, 3.05) is 38.1 Å². The molecule has 0 aliphatic carbocycles. The van der Waals surface area contributed by atoms with Gasteiger partial charge >= 0.3 is 0 Å². The number of benzene rings is 2. The summed E-state index contributed by atoms with van der Waals surface area (Å²) in [6.07, 6.45) is 5.24. The fourth-order valence-electron chi connectivity index (χ4n) is 4.43. The lowest BCUT2D eigenvalue weighted by Crippen LogP contribution is -2.30. The van der Waals surface area contributed by atoms with Gasteiger partial charge in [-0.15, -0.1) is 0 Å². The van der Waals surface area contributed by atoms with Crippen LogP contribution in [-0.2, 0) is 16.6 Å². The van der Waals surface area contributed by atoms with Crippen molar-refractivity contribution in [2.24, 2.45) is 0 Å². The molecule has 2 heterocycles. The van der Waals surface area contributed by atoms with Crippen LogP contribution in [0.3, 0.4) is 0 Å². The van der Waals surface area contributed by atoms with E-state index in [4.69, 9.17) is 0 Å².